The standard InChI is InChI=1S/C25H31N7O3/c1-24-8-9-25(2,31-24)12-16(11-24)32(3)20-14-26-21(30-29-20)17-7-6-15(10-19(17)33)18-13-27-22(34-4)23(28-18)35-5/h6-7,10,13-14,16,31,33H,8-9,11-12H2,1-5H3/t16?,24-,25+. The summed E-state index contributed by atoms with van der Waals surface area (Å²) < 4.78 is 10.4. The zero-order valence-corrected chi connectivity index (χ0v) is 20.7. The van der Waals surface area contributed by atoms with E-state index in [1.807, 2.05) is 6.07 Å². The minimum absolute atomic E-state index is 0.0257. The fraction of sp³-hybridized carbons (Fsp3) is 0.480. The smallest absolute Gasteiger partial charge is 0.278 e. The number of hydrogen-bond donors (Lipinski definition) is 2. The van der Waals surface area contributed by atoms with Crippen molar-refractivity contribution < 1.29 is 14.6 Å². The lowest BCUT2D eigenvalue weighted by Crippen LogP contribution is -2.58. The minimum Gasteiger partial charge on any atom is -0.507 e. The Morgan fingerprint density at radius 2 is 1.71 bits per heavy atom. The summed E-state index contributed by atoms with van der Waals surface area (Å²) in [4.78, 5) is 15.3. The highest BCUT2D eigenvalue weighted by Crippen LogP contribution is 2.43. The number of ether oxygens (including phenoxy) is 2. The maximum absolute atomic E-state index is 10.7. The van der Waals surface area contributed by atoms with Crippen molar-refractivity contribution in [2.24, 2.45) is 0 Å². The van der Waals surface area contributed by atoms with E-state index in [0.717, 1.165) is 18.7 Å². The molecular formula is C25H31N7O3. The maximum atomic E-state index is 10.7. The number of fused-ring (bicyclic) bond motifs is 2. The van der Waals surface area contributed by atoms with Gasteiger partial charge < -0.3 is 24.8 Å². The van der Waals surface area contributed by atoms with Crippen LogP contribution in [-0.2, 0) is 0 Å². The largest absolute Gasteiger partial charge is 0.507 e. The Hall–Kier alpha value is -3.53. The molecule has 0 amide bonds. The van der Waals surface area contributed by atoms with Gasteiger partial charge in [-0.05, 0) is 51.7 Å². The molecule has 184 valence electrons. The van der Waals surface area contributed by atoms with Crippen LogP contribution in [0.15, 0.2) is 30.6 Å². The fourth-order valence-corrected chi connectivity index (χ4v) is 5.49. The number of rotatable bonds is 6. The van der Waals surface area contributed by atoms with Crippen molar-refractivity contribution in [2.45, 2.75) is 56.7 Å². The zero-order valence-electron chi connectivity index (χ0n) is 20.7. The normalized spacial score (nSPS) is 25.3. The zero-order chi connectivity index (χ0) is 24.8. The third kappa shape index (κ3) is 4.34. The second-order valence-corrected chi connectivity index (χ2v) is 10.1. The molecule has 1 unspecified atom stereocenters. The van der Waals surface area contributed by atoms with Gasteiger partial charge in [-0.3, -0.25) is 0 Å². The maximum Gasteiger partial charge on any atom is 0.278 e. The molecule has 0 aliphatic carbocycles. The Morgan fingerprint density at radius 3 is 2.31 bits per heavy atom. The van der Waals surface area contributed by atoms with Gasteiger partial charge in [0.1, 0.15) is 5.75 Å². The van der Waals surface area contributed by atoms with Crippen molar-refractivity contribution in [3.05, 3.63) is 30.6 Å². The number of nitrogens with one attached hydrogen (secondary N) is 1. The number of piperidine rings is 1. The summed E-state index contributed by atoms with van der Waals surface area (Å²) in [6.07, 6.45) is 7.80. The van der Waals surface area contributed by atoms with Gasteiger partial charge in [0.2, 0.25) is 0 Å². The molecule has 0 radical (unpaired) electrons. The fourth-order valence-electron chi connectivity index (χ4n) is 5.49. The number of aromatic nitrogens is 5. The van der Waals surface area contributed by atoms with E-state index in [4.69, 9.17) is 9.47 Å². The van der Waals surface area contributed by atoms with Gasteiger partial charge >= 0.3 is 0 Å². The van der Waals surface area contributed by atoms with Gasteiger partial charge in [-0.15, -0.1) is 10.2 Å². The molecule has 2 fully saturated rings. The average molecular weight is 478 g/mol. The van der Waals surface area contributed by atoms with Crippen LogP contribution >= 0.6 is 0 Å². The van der Waals surface area contributed by atoms with Crippen molar-refractivity contribution in [3.63, 3.8) is 0 Å². The van der Waals surface area contributed by atoms with Crippen LogP contribution in [0.3, 0.4) is 0 Å². The molecule has 2 aliphatic heterocycles. The van der Waals surface area contributed by atoms with Gasteiger partial charge in [-0.1, -0.05) is 6.07 Å². The quantitative estimate of drug-likeness (QED) is 0.548. The molecule has 35 heavy (non-hydrogen) atoms. The Labute approximate surface area is 204 Å². The highest BCUT2D eigenvalue weighted by atomic mass is 16.5. The lowest BCUT2D eigenvalue weighted by molar-refractivity contribution is 0.207. The van der Waals surface area contributed by atoms with E-state index in [0.29, 0.717) is 34.6 Å². The number of aromatic hydroxyl groups is 1. The van der Waals surface area contributed by atoms with Crippen LogP contribution in [0.2, 0.25) is 0 Å². The number of anilines is 1. The van der Waals surface area contributed by atoms with E-state index in [1.54, 1.807) is 24.5 Å². The summed E-state index contributed by atoms with van der Waals surface area (Å²) in [6.45, 7) is 4.62. The molecule has 1 aromatic carbocycles. The molecule has 2 N–H and O–H groups in total. The van der Waals surface area contributed by atoms with Crippen molar-refractivity contribution >= 4 is 5.82 Å². The van der Waals surface area contributed by atoms with Crippen LogP contribution in [0.5, 0.6) is 17.5 Å². The van der Waals surface area contributed by atoms with Crippen LogP contribution in [0.4, 0.5) is 5.82 Å². The molecule has 2 bridgehead atoms. The molecule has 2 aliphatic rings. The second kappa shape index (κ2) is 8.60. The van der Waals surface area contributed by atoms with E-state index < -0.39 is 0 Å². The molecular weight excluding hydrogens is 446 g/mol. The first-order chi connectivity index (χ1) is 16.7. The van der Waals surface area contributed by atoms with Gasteiger partial charge in [0.15, 0.2) is 11.6 Å². The van der Waals surface area contributed by atoms with Gasteiger partial charge in [-0.25, -0.2) is 15.0 Å². The minimum atomic E-state index is 0.0257. The van der Waals surface area contributed by atoms with Gasteiger partial charge in [0.05, 0.1) is 37.9 Å². The van der Waals surface area contributed by atoms with Crippen LogP contribution in [0.1, 0.15) is 39.5 Å². The van der Waals surface area contributed by atoms with Crippen LogP contribution in [0, 0.1) is 0 Å². The summed E-state index contributed by atoms with van der Waals surface area (Å²) in [7, 11) is 5.06. The number of phenolic OH excluding ortho intramolecular Hbond substituents is 1. The van der Waals surface area contributed by atoms with Gasteiger partial charge in [0, 0.05) is 29.7 Å². The molecule has 0 saturated carbocycles. The third-order valence-electron chi connectivity index (χ3n) is 7.29. The molecule has 2 aromatic heterocycles. The highest BCUT2D eigenvalue weighted by Gasteiger charge is 2.49. The SMILES string of the molecule is COc1ncc(-c2ccc(-c3ncc(N(C)C4C[C@]5(C)CC[C@](C)(C4)N5)nn3)c(O)c2)nc1OC. The van der Waals surface area contributed by atoms with E-state index in [-0.39, 0.29) is 22.7 Å². The first kappa shape index (κ1) is 23.2. The number of methoxy groups -OCH3 is 2. The summed E-state index contributed by atoms with van der Waals surface area (Å²) in [5.41, 5.74) is 2.03. The van der Waals surface area contributed by atoms with Crippen molar-refractivity contribution in [1.82, 2.24) is 30.5 Å². The highest BCUT2D eigenvalue weighted by molar-refractivity contribution is 5.71. The number of phenols is 1. The van der Waals surface area contributed by atoms with Gasteiger partial charge in [0.25, 0.3) is 11.8 Å². The lowest BCUT2D eigenvalue weighted by Gasteiger charge is -2.45. The van der Waals surface area contributed by atoms with Crippen molar-refractivity contribution in [3.8, 4) is 40.2 Å². The summed E-state index contributed by atoms with van der Waals surface area (Å²) >= 11 is 0. The third-order valence-corrected chi connectivity index (χ3v) is 7.29. The molecule has 10 nitrogen and oxygen atoms in total. The molecule has 4 heterocycles. The topological polar surface area (TPSA) is 118 Å². The van der Waals surface area contributed by atoms with Crippen molar-refractivity contribution in [2.75, 3.05) is 26.2 Å². The molecule has 3 atom stereocenters. The summed E-state index contributed by atoms with van der Waals surface area (Å²) in [6, 6.07) is 5.53. The van der Waals surface area contributed by atoms with Crippen LogP contribution < -0.4 is 19.7 Å². The first-order valence-electron chi connectivity index (χ1n) is 11.7. The molecule has 5 rings (SSSR count). The predicted molar refractivity (Wildman–Crippen MR) is 132 cm³/mol. The van der Waals surface area contributed by atoms with E-state index in [2.05, 4.69) is 56.3 Å². The van der Waals surface area contributed by atoms with Crippen molar-refractivity contribution in [1.29, 1.82) is 0 Å². The molecule has 10 heteroatoms. The van der Waals surface area contributed by atoms with E-state index in [9.17, 15) is 5.11 Å². The number of hydrogen-bond acceptors (Lipinski definition) is 10. The summed E-state index contributed by atoms with van der Waals surface area (Å²) in [5, 5.41) is 23.3. The molecule has 2 saturated heterocycles. The summed E-state index contributed by atoms with van der Waals surface area (Å²) in [5.74, 6) is 1.67. The molecule has 0 spiro atoms. The van der Waals surface area contributed by atoms with E-state index >= 15 is 0 Å². The lowest BCUT2D eigenvalue weighted by atomic mass is 9.84. The number of nitrogens with zero attached hydrogens (tertiary/aromatic N) is 6. The van der Waals surface area contributed by atoms with E-state index in [1.165, 1.54) is 27.1 Å². The number of benzene rings is 1. The predicted octanol–water partition coefficient (Wildman–Crippen LogP) is 3.22. The molecule has 3 aromatic rings. The monoisotopic (exact) mass is 477 g/mol. The Kier molecular flexibility index (Phi) is 5.71. The second-order valence-electron chi connectivity index (χ2n) is 10.1. The van der Waals surface area contributed by atoms with Crippen LogP contribution in [-0.4, -0.2) is 68.6 Å². The Morgan fingerprint density at radius 1 is 1.00 bits per heavy atom. The average Bonchev–Trinajstić information content (AvgIpc) is 3.09. The Bertz CT molecular complexity index is 1220. The Balaban J connectivity index is 1.35. The van der Waals surface area contributed by atoms with Crippen LogP contribution in [0.25, 0.3) is 22.6 Å². The first-order valence-corrected chi connectivity index (χ1v) is 11.7. The van der Waals surface area contributed by atoms with Gasteiger partial charge in [-0.2, -0.15) is 0 Å².